The van der Waals surface area contributed by atoms with Gasteiger partial charge in [-0.05, 0) is 5.56 Å². The fraction of sp³-hybridized carbons (Fsp3) is 0.222. The number of carboxylic acid groups (broad SMARTS) is 1. The lowest BCUT2D eigenvalue weighted by Crippen LogP contribution is -2.30. The Hall–Kier alpha value is -2.05. The Morgan fingerprint density at radius 2 is 2.12 bits per heavy atom. The second-order valence-electron chi connectivity index (χ2n) is 3.11. The summed E-state index contributed by atoms with van der Waals surface area (Å²) in [5.74, 6) is -6.17. The van der Waals surface area contributed by atoms with E-state index in [0.717, 1.165) is 12.1 Å². The number of hydrogen-bond acceptors (Lipinski definition) is 3. The summed E-state index contributed by atoms with van der Waals surface area (Å²) in [6.07, 6.45) is -1.07. The first-order valence-corrected chi connectivity index (χ1v) is 4.17. The highest BCUT2D eigenvalue weighted by atomic mass is 19.3. The maximum absolute atomic E-state index is 12.8. The molecule has 16 heavy (non-hydrogen) atoms. The summed E-state index contributed by atoms with van der Waals surface area (Å²) in [5, 5.41) is 18.6. The molecule has 0 saturated heterocycles. The smallest absolute Gasteiger partial charge is 0.374 e. The standard InChI is InChI=1S/C9H7F2NO4/c10-9(11,8(13)14)5-6-2-1-3-7(4-6)12(15)16/h1-4H,5H2,(H,13,14). The Morgan fingerprint density at radius 1 is 1.50 bits per heavy atom. The number of non-ortho nitro benzene ring substituents is 1. The van der Waals surface area contributed by atoms with Crippen LogP contribution in [0.2, 0.25) is 0 Å². The zero-order valence-electron chi connectivity index (χ0n) is 7.89. The maximum atomic E-state index is 12.8. The number of aliphatic carboxylic acids is 1. The van der Waals surface area contributed by atoms with Gasteiger partial charge in [0.05, 0.1) is 4.92 Å². The number of nitro benzene ring substituents is 1. The number of hydrogen-bond donors (Lipinski definition) is 1. The molecule has 0 aromatic heterocycles. The van der Waals surface area contributed by atoms with E-state index in [1.807, 2.05) is 0 Å². The summed E-state index contributed by atoms with van der Waals surface area (Å²) in [6.45, 7) is 0. The van der Waals surface area contributed by atoms with E-state index >= 15 is 0 Å². The molecule has 1 rings (SSSR count). The molecule has 1 aromatic carbocycles. The lowest BCUT2D eigenvalue weighted by molar-refractivity contribution is -0.384. The minimum Gasteiger partial charge on any atom is -0.477 e. The first kappa shape index (κ1) is 12.0. The fourth-order valence-corrected chi connectivity index (χ4v) is 1.11. The van der Waals surface area contributed by atoms with Gasteiger partial charge in [-0.3, -0.25) is 10.1 Å². The predicted molar refractivity (Wildman–Crippen MR) is 49.4 cm³/mol. The van der Waals surface area contributed by atoms with Crippen molar-refractivity contribution in [2.24, 2.45) is 0 Å². The molecule has 0 atom stereocenters. The predicted octanol–water partition coefficient (Wildman–Crippen LogP) is 1.86. The number of nitro groups is 1. The molecule has 0 unspecified atom stereocenters. The minimum atomic E-state index is -3.92. The molecular weight excluding hydrogens is 224 g/mol. The second-order valence-corrected chi connectivity index (χ2v) is 3.11. The monoisotopic (exact) mass is 231 g/mol. The zero-order chi connectivity index (χ0) is 12.3. The van der Waals surface area contributed by atoms with Crippen LogP contribution in [0.5, 0.6) is 0 Å². The molecule has 0 aliphatic heterocycles. The van der Waals surface area contributed by atoms with Crippen molar-refractivity contribution in [1.82, 2.24) is 0 Å². The van der Waals surface area contributed by atoms with Crippen molar-refractivity contribution in [2.45, 2.75) is 12.3 Å². The van der Waals surface area contributed by atoms with Crippen molar-refractivity contribution >= 4 is 11.7 Å². The van der Waals surface area contributed by atoms with Crippen LogP contribution in [0.25, 0.3) is 0 Å². The van der Waals surface area contributed by atoms with Gasteiger partial charge in [-0.15, -0.1) is 0 Å². The van der Waals surface area contributed by atoms with Gasteiger partial charge in [0.15, 0.2) is 0 Å². The minimum absolute atomic E-state index is 0.0957. The third-order valence-corrected chi connectivity index (χ3v) is 1.86. The van der Waals surface area contributed by atoms with E-state index in [1.54, 1.807) is 0 Å². The molecule has 0 heterocycles. The van der Waals surface area contributed by atoms with Crippen molar-refractivity contribution < 1.29 is 23.6 Å². The van der Waals surface area contributed by atoms with Crippen molar-refractivity contribution in [2.75, 3.05) is 0 Å². The van der Waals surface area contributed by atoms with E-state index in [2.05, 4.69) is 0 Å². The van der Waals surface area contributed by atoms with Gasteiger partial charge in [0.2, 0.25) is 0 Å². The van der Waals surface area contributed by atoms with Crippen LogP contribution in [0.4, 0.5) is 14.5 Å². The number of carbonyl (C=O) groups is 1. The van der Waals surface area contributed by atoms with Crippen molar-refractivity contribution in [3.8, 4) is 0 Å². The van der Waals surface area contributed by atoms with E-state index in [-0.39, 0.29) is 11.3 Å². The molecule has 1 aromatic rings. The topological polar surface area (TPSA) is 80.4 Å². The molecule has 0 spiro atoms. The molecule has 1 N–H and O–H groups in total. The average molecular weight is 231 g/mol. The third-order valence-electron chi connectivity index (χ3n) is 1.86. The highest BCUT2D eigenvalue weighted by Crippen LogP contribution is 2.22. The quantitative estimate of drug-likeness (QED) is 0.633. The van der Waals surface area contributed by atoms with Crippen molar-refractivity contribution in [1.29, 1.82) is 0 Å². The number of carboxylic acids is 1. The van der Waals surface area contributed by atoms with Crippen LogP contribution in [0.3, 0.4) is 0 Å². The Morgan fingerprint density at radius 3 is 2.62 bits per heavy atom. The average Bonchev–Trinajstić information content (AvgIpc) is 2.17. The summed E-state index contributed by atoms with van der Waals surface area (Å²) < 4.78 is 25.6. The summed E-state index contributed by atoms with van der Waals surface area (Å²) >= 11 is 0. The van der Waals surface area contributed by atoms with Crippen LogP contribution in [-0.4, -0.2) is 21.9 Å². The van der Waals surface area contributed by atoms with Gasteiger partial charge >= 0.3 is 11.9 Å². The molecule has 0 fully saturated rings. The molecule has 0 bridgehead atoms. The van der Waals surface area contributed by atoms with Crippen molar-refractivity contribution in [3.63, 3.8) is 0 Å². The number of alkyl halides is 2. The number of benzene rings is 1. The Kier molecular flexibility index (Phi) is 3.17. The SMILES string of the molecule is O=C(O)C(F)(F)Cc1cccc([N+](=O)[O-])c1. The molecule has 0 amide bonds. The Balaban J connectivity index is 2.94. The molecule has 0 saturated carbocycles. The van der Waals surface area contributed by atoms with Crippen LogP contribution in [-0.2, 0) is 11.2 Å². The molecule has 0 aliphatic rings. The summed E-state index contributed by atoms with van der Waals surface area (Å²) in [7, 11) is 0. The lowest BCUT2D eigenvalue weighted by atomic mass is 10.1. The van der Waals surface area contributed by atoms with Gasteiger partial charge in [0.25, 0.3) is 5.69 Å². The first-order chi connectivity index (χ1) is 7.33. The molecule has 0 aliphatic carbocycles. The highest BCUT2D eigenvalue weighted by molar-refractivity contribution is 5.75. The van der Waals surface area contributed by atoms with Gasteiger partial charge in [0.1, 0.15) is 0 Å². The summed E-state index contributed by atoms with van der Waals surface area (Å²) in [6, 6.07) is 4.51. The van der Waals surface area contributed by atoms with Crippen molar-refractivity contribution in [3.05, 3.63) is 39.9 Å². The molecule has 5 nitrogen and oxygen atoms in total. The van der Waals surface area contributed by atoms with Gasteiger partial charge < -0.3 is 5.11 Å². The number of nitrogens with zero attached hydrogens (tertiary/aromatic N) is 1. The highest BCUT2D eigenvalue weighted by Gasteiger charge is 2.38. The second kappa shape index (κ2) is 4.21. The Bertz CT molecular complexity index is 433. The van der Waals surface area contributed by atoms with Gasteiger partial charge in [0, 0.05) is 18.6 Å². The van der Waals surface area contributed by atoms with Crippen LogP contribution in [0, 0.1) is 10.1 Å². The summed E-state index contributed by atoms with van der Waals surface area (Å²) in [4.78, 5) is 19.8. The first-order valence-electron chi connectivity index (χ1n) is 4.17. The van der Waals surface area contributed by atoms with E-state index in [9.17, 15) is 23.7 Å². The van der Waals surface area contributed by atoms with Crippen LogP contribution in [0.1, 0.15) is 5.56 Å². The number of rotatable bonds is 4. The number of halogens is 2. The molecule has 0 radical (unpaired) electrons. The van der Waals surface area contributed by atoms with E-state index in [4.69, 9.17) is 5.11 Å². The third kappa shape index (κ3) is 2.72. The van der Waals surface area contributed by atoms with Crippen LogP contribution >= 0.6 is 0 Å². The molecular formula is C9H7F2NO4. The van der Waals surface area contributed by atoms with Crippen LogP contribution < -0.4 is 0 Å². The fourth-order valence-electron chi connectivity index (χ4n) is 1.11. The van der Waals surface area contributed by atoms with E-state index in [1.165, 1.54) is 12.1 Å². The van der Waals surface area contributed by atoms with Gasteiger partial charge in [-0.1, -0.05) is 12.1 Å². The zero-order valence-corrected chi connectivity index (χ0v) is 7.89. The lowest BCUT2D eigenvalue weighted by Gasteiger charge is -2.10. The molecule has 7 heteroatoms. The van der Waals surface area contributed by atoms with E-state index < -0.39 is 23.2 Å². The summed E-state index contributed by atoms with van der Waals surface area (Å²) in [5.41, 5.74) is -0.444. The van der Waals surface area contributed by atoms with Gasteiger partial charge in [-0.2, -0.15) is 8.78 Å². The maximum Gasteiger partial charge on any atom is 0.374 e. The van der Waals surface area contributed by atoms with Gasteiger partial charge in [-0.25, -0.2) is 4.79 Å². The molecule has 86 valence electrons. The van der Waals surface area contributed by atoms with Crippen LogP contribution in [0.15, 0.2) is 24.3 Å². The normalized spacial score (nSPS) is 11.1. The van der Waals surface area contributed by atoms with E-state index in [0.29, 0.717) is 0 Å². The Labute approximate surface area is 88.5 Å². The largest absolute Gasteiger partial charge is 0.477 e.